The SMILES string of the molecule is CC(C)(N)c1noc(Cn2cc(C(F)(F)F)ccc2=O)n1. The third kappa shape index (κ3) is 3.48. The first kappa shape index (κ1) is 15.2. The van der Waals surface area contributed by atoms with Crippen molar-refractivity contribution in [3.8, 4) is 0 Å². The molecule has 0 saturated heterocycles. The number of aromatic nitrogens is 3. The number of alkyl halides is 3. The van der Waals surface area contributed by atoms with E-state index < -0.39 is 22.8 Å². The average molecular weight is 302 g/mol. The zero-order valence-corrected chi connectivity index (χ0v) is 11.3. The van der Waals surface area contributed by atoms with Gasteiger partial charge in [0.15, 0.2) is 5.82 Å². The number of nitrogens with two attached hydrogens (primary N) is 1. The van der Waals surface area contributed by atoms with Gasteiger partial charge in [-0.1, -0.05) is 5.16 Å². The van der Waals surface area contributed by atoms with E-state index in [9.17, 15) is 18.0 Å². The molecule has 2 aromatic heterocycles. The third-order valence-corrected chi connectivity index (χ3v) is 2.66. The lowest BCUT2D eigenvalue weighted by Gasteiger charge is -2.11. The van der Waals surface area contributed by atoms with Crippen molar-refractivity contribution in [3.05, 3.63) is 46.0 Å². The van der Waals surface area contributed by atoms with Crippen LogP contribution in [0.5, 0.6) is 0 Å². The highest BCUT2D eigenvalue weighted by Gasteiger charge is 2.31. The highest BCUT2D eigenvalue weighted by atomic mass is 19.4. The molecule has 0 fully saturated rings. The molecular weight excluding hydrogens is 289 g/mol. The number of hydrogen-bond acceptors (Lipinski definition) is 5. The van der Waals surface area contributed by atoms with Gasteiger partial charge in [0, 0.05) is 12.3 Å². The minimum Gasteiger partial charge on any atom is -0.337 e. The van der Waals surface area contributed by atoms with Crippen molar-refractivity contribution in [2.24, 2.45) is 5.73 Å². The van der Waals surface area contributed by atoms with Crippen LogP contribution in [0.1, 0.15) is 31.1 Å². The smallest absolute Gasteiger partial charge is 0.337 e. The van der Waals surface area contributed by atoms with Crippen molar-refractivity contribution in [3.63, 3.8) is 0 Å². The molecule has 0 saturated carbocycles. The summed E-state index contributed by atoms with van der Waals surface area (Å²) in [6, 6.07) is 1.56. The molecular formula is C12H13F3N4O2. The van der Waals surface area contributed by atoms with Gasteiger partial charge < -0.3 is 14.8 Å². The van der Waals surface area contributed by atoms with Crippen LogP contribution in [-0.4, -0.2) is 14.7 Å². The van der Waals surface area contributed by atoms with Gasteiger partial charge in [-0.05, 0) is 19.9 Å². The first-order valence-electron chi connectivity index (χ1n) is 5.97. The Bertz CT molecular complexity index is 698. The zero-order valence-electron chi connectivity index (χ0n) is 11.3. The fraction of sp³-hybridized carbons (Fsp3) is 0.417. The lowest BCUT2D eigenvalue weighted by Crippen LogP contribution is -2.30. The summed E-state index contributed by atoms with van der Waals surface area (Å²) in [5.41, 5.74) is 3.39. The standard InChI is InChI=1S/C12H13F3N4O2/c1-11(2,16)10-17-8(21-18-10)6-19-5-7(12(13,14)15)3-4-9(19)20/h3-5H,6,16H2,1-2H3. The molecule has 21 heavy (non-hydrogen) atoms. The fourth-order valence-electron chi connectivity index (χ4n) is 1.55. The summed E-state index contributed by atoms with van der Waals surface area (Å²) in [6.07, 6.45) is -3.82. The van der Waals surface area contributed by atoms with E-state index in [2.05, 4.69) is 10.1 Å². The zero-order chi connectivity index (χ0) is 15.8. The summed E-state index contributed by atoms with van der Waals surface area (Å²) in [6.45, 7) is 3.04. The number of nitrogens with zero attached hydrogens (tertiary/aromatic N) is 3. The topological polar surface area (TPSA) is 86.9 Å². The maximum atomic E-state index is 12.6. The Balaban J connectivity index is 2.31. The van der Waals surface area contributed by atoms with Gasteiger partial charge in [-0.15, -0.1) is 0 Å². The van der Waals surface area contributed by atoms with Crippen LogP contribution in [0, 0.1) is 0 Å². The second kappa shape index (κ2) is 4.99. The summed E-state index contributed by atoms with van der Waals surface area (Å²) >= 11 is 0. The molecule has 114 valence electrons. The van der Waals surface area contributed by atoms with Crippen molar-refractivity contribution < 1.29 is 17.7 Å². The Hall–Kier alpha value is -2.16. The van der Waals surface area contributed by atoms with Crippen LogP contribution in [0.4, 0.5) is 13.2 Å². The maximum Gasteiger partial charge on any atom is 0.417 e. The van der Waals surface area contributed by atoms with Crippen LogP contribution < -0.4 is 11.3 Å². The second-order valence-electron chi connectivity index (χ2n) is 5.12. The van der Waals surface area contributed by atoms with Gasteiger partial charge in [-0.3, -0.25) is 4.79 Å². The molecule has 2 rings (SSSR count). The molecule has 0 spiro atoms. The van der Waals surface area contributed by atoms with E-state index in [0.717, 1.165) is 16.7 Å². The van der Waals surface area contributed by atoms with Crippen LogP contribution in [0.25, 0.3) is 0 Å². The Labute approximate surface area is 117 Å². The average Bonchev–Trinajstić information content (AvgIpc) is 2.79. The molecule has 0 aromatic carbocycles. The predicted molar refractivity (Wildman–Crippen MR) is 66.3 cm³/mol. The van der Waals surface area contributed by atoms with E-state index in [0.29, 0.717) is 6.20 Å². The Kier molecular flexibility index (Phi) is 3.62. The number of hydrogen-bond donors (Lipinski definition) is 1. The maximum absolute atomic E-state index is 12.6. The molecule has 2 N–H and O–H groups in total. The summed E-state index contributed by atoms with van der Waals surface area (Å²) < 4.78 is 43.6. The van der Waals surface area contributed by atoms with Gasteiger partial charge in [0.1, 0.15) is 6.54 Å². The van der Waals surface area contributed by atoms with E-state index in [1.165, 1.54) is 0 Å². The summed E-state index contributed by atoms with van der Waals surface area (Å²) in [5.74, 6) is 0.211. The molecule has 6 nitrogen and oxygen atoms in total. The first-order chi connectivity index (χ1) is 9.57. The van der Waals surface area contributed by atoms with Crippen LogP contribution in [0.15, 0.2) is 27.6 Å². The number of rotatable bonds is 3. The highest BCUT2D eigenvalue weighted by molar-refractivity contribution is 5.14. The molecule has 0 bridgehead atoms. The first-order valence-corrected chi connectivity index (χ1v) is 5.97. The predicted octanol–water partition coefficient (Wildman–Crippen LogP) is 1.49. The van der Waals surface area contributed by atoms with Gasteiger partial charge in [0.2, 0.25) is 5.89 Å². The molecule has 0 unspecified atom stereocenters. The van der Waals surface area contributed by atoms with Gasteiger partial charge in [-0.25, -0.2) is 0 Å². The Morgan fingerprint density at radius 3 is 2.52 bits per heavy atom. The van der Waals surface area contributed by atoms with Gasteiger partial charge in [0.05, 0.1) is 11.1 Å². The Morgan fingerprint density at radius 1 is 1.33 bits per heavy atom. The van der Waals surface area contributed by atoms with Crippen molar-refractivity contribution in [2.75, 3.05) is 0 Å². The highest BCUT2D eigenvalue weighted by Crippen LogP contribution is 2.28. The van der Waals surface area contributed by atoms with E-state index in [1.807, 2.05) is 0 Å². The summed E-state index contributed by atoms with van der Waals surface area (Å²) in [7, 11) is 0. The third-order valence-electron chi connectivity index (χ3n) is 2.66. The summed E-state index contributed by atoms with van der Waals surface area (Å²) in [4.78, 5) is 15.6. The molecule has 0 radical (unpaired) electrons. The number of pyridine rings is 1. The van der Waals surface area contributed by atoms with Crippen molar-refractivity contribution in [1.29, 1.82) is 0 Å². The minimum absolute atomic E-state index is 0.00458. The molecule has 0 atom stereocenters. The minimum atomic E-state index is -4.53. The molecule has 2 aromatic rings. The van der Waals surface area contributed by atoms with Crippen molar-refractivity contribution >= 4 is 0 Å². The van der Waals surface area contributed by atoms with Gasteiger partial charge in [0.25, 0.3) is 5.56 Å². The quantitative estimate of drug-likeness (QED) is 0.928. The normalized spacial score (nSPS) is 12.7. The van der Waals surface area contributed by atoms with Crippen LogP contribution in [0.2, 0.25) is 0 Å². The van der Waals surface area contributed by atoms with Gasteiger partial charge >= 0.3 is 6.18 Å². The molecule has 9 heteroatoms. The second-order valence-corrected chi connectivity index (χ2v) is 5.12. The lowest BCUT2D eigenvalue weighted by atomic mass is 10.1. The fourth-order valence-corrected chi connectivity index (χ4v) is 1.55. The van der Waals surface area contributed by atoms with Crippen LogP contribution in [0.3, 0.4) is 0 Å². The van der Waals surface area contributed by atoms with Crippen LogP contribution in [-0.2, 0) is 18.3 Å². The lowest BCUT2D eigenvalue weighted by molar-refractivity contribution is -0.138. The molecule has 0 aliphatic rings. The largest absolute Gasteiger partial charge is 0.417 e. The van der Waals surface area contributed by atoms with Crippen LogP contribution >= 0.6 is 0 Å². The van der Waals surface area contributed by atoms with Crippen molar-refractivity contribution in [2.45, 2.75) is 32.1 Å². The van der Waals surface area contributed by atoms with E-state index in [1.54, 1.807) is 13.8 Å². The molecule has 0 amide bonds. The number of halogens is 3. The van der Waals surface area contributed by atoms with Gasteiger partial charge in [-0.2, -0.15) is 18.2 Å². The van der Waals surface area contributed by atoms with E-state index in [4.69, 9.17) is 10.3 Å². The Morgan fingerprint density at radius 2 is 2.00 bits per heavy atom. The van der Waals surface area contributed by atoms with E-state index >= 15 is 0 Å². The van der Waals surface area contributed by atoms with Crippen molar-refractivity contribution in [1.82, 2.24) is 14.7 Å². The monoisotopic (exact) mass is 302 g/mol. The molecule has 0 aliphatic carbocycles. The molecule has 0 aliphatic heterocycles. The molecule has 2 heterocycles. The van der Waals surface area contributed by atoms with E-state index in [-0.39, 0.29) is 18.3 Å². The summed E-state index contributed by atoms with van der Waals surface area (Å²) in [5, 5.41) is 3.64.